The molecule has 0 aromatic carbocycles. The van der Waals surface area contributed by atoms with Gasteiger partial charge in [-0.15, -0.1) is 0 Å². The molecule has 0 unspecified atom stereocenters. The predicted octanol–water partition coefficient (Wildman–Crippen LogP) is 0.786. The molecule has 1 N–H and O–H groups in total. The van der Waals surface area contributed by atoms with Crippen LogP contribution in [0.4, 0.5) is 0 Å². The first kappa shape index (κ1) is 14.9. The number of carboxylic acid groups (broad SMARTS) is 1. The van der Waals surface area contributed by atoms with Gasteiger partial charge in [0.15, 0.2) is 0 Å². The Bertz CT molecular complexity index is 219. The molecule has 80 valence electrons. The van der Waals surface area contributed by atoms with Crippen LogP contribution in [0.2, 0.25) is 0 Å². The Balaban J connectivity index is 0. The Morgan fingerprint density at radius 3 is 2.07 bits per heavy atom. The third kappa shape index (κ3) is 16.7. The number of Topliss-reactive ketones (excluding diaryl/α,β-unsaturated/α-hetero) is 1. The van der Waals surface area contributed by atoms with Gasteiger partial charge in [0.25, 0.3) is 0 Å². The summed E-state index contributed by atoms with van der Waals surface area (Å²) in [6.45, 7) is 6.36. The summed E-state index contributed by atoms with van der Waals surface area (Å²) in [5.41, 5.74) is 0. The van der Waals surface area contributed by atoms with Crippen LogP contribution in [0, 0.1) is 0 Å². The Morgan fingerprint density at radius 2 is 1.86 bits per heavy atom. The SMILES string of the molecule is C=CC(=O)O.CCOC(=O)CC(C)=O. The Morgan fingerprint density at radius 1 is 1.43 bits per heavy atom. The average molecular weight is 202 g/mol. The van der Waals surface area contributed by atoms with E-state index in [1.54, 1.807) is 6.92 Å². The first-order chi connectivity index (χ1) is 6.43. The highest BCUT2D eigenvalue weighted by Crippen LogP contribution is 1.86. The first-order valence-corrected chi connectivity index (χ1v) is 3.94. The summed E-state index contributed by atoms with van der Waals surface area (Å²) in [6, 6.07) is 0. The van der Waals surface area contributed by atoms with E-state index in [1.807, 2.05) is 0 Å². The lowest BCUT2D eigenvalue weighted by atomic mass is 10.3. The topological polar surface area (TPSA) is 80.7 Å². The van der Waals surface area contributed by atoms with Gasteiger partial charge in [-0.2, -0.15) is 0 Å². The number of rotatable bonds is 4. The lowest BCUT2D eigenvalue weighted by Gasteiger charge is -1.96. The van der Waals surface area contributed by atoms with Crippen molar-refractivity contribution in [1.82, 2.24) is 0 Å². The molecule has 0 rings (SSSR count). The average Bonchev–Trinajstić information content (AvgIpc) is 2.04. The van der Waals surface area contributed by atoms with E-state index >= 15 is 0 Å². The van der Waals surface area contributed by atoms with Crippen molar-refractivity contribution in [3.8, 4) is 0 Å². The van der Waals surface area contributed by atoms with Gasteiger partial charge in [0, 0.05) is 6.08 Å². The summed E-state index contributed by atoms with van der Waals surface area (Å²) in [5, 5.41) is 7.60. The van der Waals surface area contributed by atoms with E-state index in [1.165, 1.54) is 6.92 Å². The number of carbonyl (C=O) groups is 3. The standard InChI is InChI=1S/C6H10O3.C3H4O2/c1-3-9-6(8)4-5(2)7;1-2-3(4)5/h3-4H2,1-2H3;2H,1H2,(H,4,5). The molecule has 0 radical (unpaired) electrons. The van der Waals surface area contributed by atoms with Crippen LogP contribution in [-0.4, -0.2) is 29.4 Å². The molecule has 0 saturated heterocycles. The molecule has 0 aliphatic heterocycles. The Kier molecular flexibility index (Phi) is 10.0. The Hall–Kier alpha value is -1.65. The summed E-state index contributed by atoms with van der Waals surface area (Å²) < 4.78 is 4.49. The smallest absolute Gasteiger partial charge is 0.327 e. The number of carbonyl (C=O) groups excluding carboxylic acids is 2. The minimum absolute atomic E-state index is 0.103. The van der Waals surface area contributed by atoms with Crippen molar-refractivity contribution in [3.63, 3.8) is 0 Å². The van der Waals surface area contributed by atoms with Gasteiger partial charge in [0.05, 0.1) is 6.61 Å². The molecule has 0 aromatic heterocycles. The van der Waals surface area contributed by atoms with Crippen LogP contribution in [0.1, 0.15) is 20.3 Å². The van der Waals surface area contributed by atoms with Crippen molar-refractivity contribution in [3.05, 3.63) is 12.7 Å². The number of ether oxygens (including phenoxy) is 1. The molecule has 0 bridgehead atoms. The predicted molar refractivity (Wildman–Crippen MR) is 49.8 cm³/mol. The monoisotopic (exact) mass is 202 g/mol. The largest absolute Gasteiger partial charge is 0.478 e. The molecule has 0 aliphatic carbocycles. The van der Waals surface area contributed by atoms with E-state index in [2.05, 4.69) is 11.3 Å². The molecule has 0 amide bonds. The molecule has 0 aliphatic rings. The molecular weight excluding hydrogens is 188 g/mol. The fourth-order valence-electron chi connectivity index (χ4n) is 0.415. The second kappa shape index (κ2) is 9.44. The molecule has 0 atom stereocenters. The van der Waals surface area contributed by atoms with Crippen LogP contribution in [0.5, 0.6) is 0 Å². The van der Waals surface area contributed by atoms with Gasteiger partial charge >= 0.3 is 11.9 Å². The van der Waals surface area contributed by atoms with Crippen LogP contribution >= 0.6 is 0 Å². The molecular formula is C9H14O5. The van der Waals surface area contributed by atoms with Gasteiger partial charge in [0.1, 0.15) is 12.2 Å². The number of ketones is 1. The summed E-state index contributed by atoms with van der Waals surface area (Å²) >= 11 is 0. The van der Waals surface area contributed by atoms with Crippen molar-refractivity contribution in [1.29, 1.82) is 0 Å². The highest BCUT2D eigenvalue weighted by atomic mass is 16.5. The van der Waals surface area contributed by atoms with Crippen molar-refractivity contribution in [2.24, 2.45) is 0 Å². The van der Waals surface area contributed by atoms with Gasteiger partial charge in [-0.05, 0) is 13.8 Å². The summed E-state index contributed by atoms with van der Waals surface area (Å²) in [7, 11) is 0. The number of hydrogen-bond acceptors (Lipinski definition) is 4. The van der Waals surface area contributed by atoms with Gasteiger partial charge in [-0.3, -0.25) is 9.59 Å². The molecule has 0 saturated carbocycles. The Labute approximate surface area is 82.4 Å². The van der Waals surface area contributed by atoms with Crippen molar-refractivity contribution in [2.75, 3.05) is 6.61 Å². The highest BCUT2D eigenvalue weighted by molar-refractivity contribution is 5.94. The van der Waals surface area contributed by atoms with Crippen LogP contribution in [0.25, 0.3) is 0 Å². The van der Waals surface area contributed by atoms with E-state index in [-0.39, 0.29) is 12.2 Å². The number of hydrogen-bond donors (Lipinski definition) is 1. The molecule has 0 fully saturated rings. The van der Waals surface area contributed by atoms with Crippen LogP contribution in [-0.2, 0) is 19.1 Å². The summed E-state index contributed by atoms with van der Waals surface area (Å²) in [4.78, 5) is 29.9. The van der Waals surface area contributed by atoms with Crippen LogP contribution in [0.15, 0.2) is 12.7 Å². The molecule has 0 spiro atoms. The number of esters is 1. The normalized spacial score (nSPS) is 7.86. The summed E-state index contributed by atoms with van der Waals surface area (Å²) in [6.07, 6.45) is 0.730. The summed E-state index contributed by atoms with van der Waals surface area (Å²) in [5.74, 6) is -1.58. The zero-order valence-electron chi connectivity index (χ0n) is 8.28. The van der Waals surface area contributed by atoms with Crippen molar-refractivity contribution >= 4 is 17.7 Å². The van der Waals surface area contributed by atoms with E-state index in [4.69, 9.17) is 5.11 Å². The van der Waals surface area contributed by atoms with E-state index in [9.17, 15) is 14.4 Å². The third-order valence-electron chi connectivity index (χ3n) is 0.873. The fourth-order valence-corrected chi connectivity index (χ4v) is 0.415. The fraction of sp³-hybridized carbons (Fsp3) is 0.444. The third-order valence-corrected chi connectivity index (χ3v) is 0.873. The molecule has 14 heavy (non-hydrogen) atoms. The molecule has 5 nitrogen and oxygen atoms in total. The molecule has 5 heteroatoms. The second-order valence-corrected chi connectivity index (χ2v) is 2.23. The highest BCUT2D eigenvalue weighted by Gasteiger charge is 2.03. The number of aliphatic carboxylic acids is 1. The lowest BCUT2D eigenvalue weighted by Crippen LogP contribution is -2.07. The lowest BCUT2D eigenvalue weighted by molar-refractivity contribution is -0.145. The van der Waals surface area contributed by atoms with E-state index < -0.39 is 11.9 Å². The van der Waals surface area contributed by atoms with Crippen molar-refractivity contribution in [2.45, 2.75) is 20.3 Å². The maximum atomic E-state index is 10.4. The van der Waals surface area contributed by atoms with E-state index in [0.717, 1.165) is 6.08 Å². The van der Waals surface area contributed by atoms with Gasteiger partial charge in [0.2, 0.25) is 0 Å². The molecule has 0 heterocycles. The van der Waals surface area contributed by atoms with Gasteiger partial charge in [-0.1, -0.05) is 6.58 Å². The zero-order valence-corrected chi connectivity index (χ0v) is 8.28. The van der Waals surface area contributed by atoms with E-state index in [0.29, 0.717) is 6.61 Å². The second-order valence-electron chi connectivity index (χ2n) is 2.23. The number of carboxylic acids is 1. The van der Waals surface area contributed by atoms with Gasteiger partial charge in [-0.25, -0.2) is 4.79 Å². The molecule has 0 aromatic rings. The van der Waals surface area contributed by atoms with Crippen LogP contribution in [0.3, 0.4) is 0 Å². The van der Waals surface area contributed by atoms with Gasteiger partial charge < -0.3 is 9.84 Å². The zero-order chi connectivity index (χ0) is 11.6. The van der Waals surface area contributed by atoms with Crippen LogP contribution < -0.4 is 0 Å². The van der Waals surface area contributed by atoms with Crippen molar-refractivity contribution < 1.29 is 24.2 Å². The maximum absolute atomic E-state index is 10.4. The quantitative estimate of drug-likeness (QED) is 0.414. The maximum Gasteiger partial charge on any atom is 0.327 e. The first-order valence-electron chi connectivity index (χ1n) is 3.94. The minimum atomic E-state index is -0.981. The minimum Gasteiger partial charge on any atom is -0.478 e.